The van der Waals surface area contributed by atoms with Crippen molar-refractivity contribution in [2.75, 3.05) is 31.6 Å². The predicted molar refractivity (Wildman–Crippen MR) is 114 cm³/mol. The maximum Gasteiger partial charge on any atom is 0.195 e. The van der Waals surface area contributed by atoms with Crippen LogP contribution in [0.1, 0.15) is 18.9 Å². The quantitative estimate of drug-likeness (QED) is 0.399. The van der Waals surface area contributed by atoms with Crippen molar-refractivity contribution in [3.8, 4) is 11.5 Å². The van der Waals surface area contributed by atoms with Gasteiger partial charge in [0.15, 0.2) is 17.5 Å². The van der Waals surface area contributed by atoms with E-state index < -0.39 is 0 Å². The standard InChI is InChI=1S/C18H25N5O2.HI/c1-3-19-18(20-8-7-14-12-21-23(2)13-14)22-15-5-6-16-17(11-15)25-10-4-9-24-16;/h5-6,11-13H,3-4,7-10H2,1-2H3,(H2,19,20,22);1H. The number of ether oxygens (including phenoxy) is 2. The molecule has 142 valence electrons. The number of benzene rings is 1. The second-order valence-corrected chi connectivity index (χ2v) is 5.87. The summed E-state index contributed by atoms with van der Waals surface area (Å²) in [5.74, 6) is 2.32. The first kappa shape index (κ1) is 20.3. The van der Waals surface area contributed by atoms with Gasteiger partial charge in [0.1, 0.15) is 0 Å². The first-order valence-corrected chi connectivity index (χ1v) is 8.67. The van der Waals surface area contributed by atoms with Crippen molar-refractivity contribution in [1.82, 2.24) is 15.1 Å². The summed E-state index contributed by atoms with van der Waals surface area (Å²) < 4.78 is 13.2. The molecule has 8 heteroatoms. The van der Waals surface area contributed by atoms with Crippen LogP contribution in [0.25, 0.3) is 0 Å². The third-order valence-electron chi connectivity index (χ3n) is 3.78. The van der Waals surface area contributed by atoms with Gasteiger partial charge < -0.3 is 20.1 Å². The van der Waals surface area contributed by atoms with Crippen molar-refractivity contribution in [3.63, 3.8) is 0 Å². The first-order chi connectivity index (χ1) is 12.2. The van der Waals surface area contributed by atoms with Gasteiger partial charge in [-0.25, -0.2) is 0 Å². The molecule has 2 heterocycles. The fourth-order valence-corrected chi connectivity index (χ4v) is 2.58. The Hall–Kier alpha value is -1.97. The highest BCUT2D eigenvalue weighted by molar-refractivity contribution is 14.0. The number of aliphatic imine (C=N–C) groups is 1. The normalized spacial score (nSPS) is 13.5. The molecule has 0 amide bonds. The van der Waals surface area contributed by atoms with Gasteiger partial charge in [-0.15, -0.1) is 24.0 Å². The Labute approximate surface area is 171 Å². The van der Waals surface area contributed by atoms with Crippen LogP contribution in [0, 0.1) is 0 Å². The molecule has 0 bridgehead atoms. The van der Waals surface area contributed by atoms with E-state index in [0.717, 1.165) is 42.5 Å². The lowest BCUT2D eigenvalue weighted by Crippen LogP contribution is -2.30. The number of hydrogen-bond acceptors (Lipinski definition) is 4. The zero-order valence-electron chi connectivity index (χ0n) is 15.2. The molecule has 3 rings (SSSR count). The third kappa shape index (κ3) is 5.79. The number of nitrogens with zero attached hydrogens (tertiary/aromatic N) is 3. The van der Waals surface area contributed by atoms with Gasteiger partial charge in [-0.2, -0.15) is 5.10 Å². The van der Waals surface area contributed by atoms with Crippen molar-refractivity contribution in [2.24, 2.45) is 12.0 Å². The molecule has 0 atom stereocenters. The first-order valence-electron chi connectivity index (χ1n) is 8.67. The Morgan fingerprint density at radius 2 is 2.08 bits per heavy atom. The van der Waals surface area contributed by atoms with Crippen molar-refractivity contribution in [3.05, 3.63) is 36.2 Å². The van der Waals surface area contributed by atoms with E-state index in [0.29, 0.717) is 19.8 Å². The number of halogens is 1. The van der Waals surface area contributed by atoms with Crippen LogP contribution in [-0.2, 0) is 13.5 Å². The molecule has 0 saturated carbocycles. The van der Waals surface area contributed by atoms with Crippen LogP contribution in [0.15, 0.2) is 35.6 Å². The molecule has 0 aliphatic carbocycles. The monoisotopic (exact) mass is 471 g/mol. The average molecular weight is 471 g/mol. The molecular weight excluding hydrogens is 445 g/mol. The number of guanidine groups is 1. The molecule has 26 heavy (non-hydrogen) atoms. The van der Waals surface area contributed by atoms with E-state index in [9.17, 15) is 0 Å². The minimum Gasteiger partial charge on any atom is -0.490 e. The van der Waals surface area contributed by atoms with Gasteiger partial charge in [0.2, 0.25) is 0 Å². The molecule has 1 aromatic carbocycles. The molecule has 7 nitrogen and oxygen atoms in total. The largest absolute Gasteiger partial charge is 0.490 e. The van der Waals surface area contributed by atoms with Crippen molar-refractivity contribution < 1.29 is 9.47 Å². The van der Waals surface area contributed by atoms with E-state index in [1.54, 1.807) is 4.68 Å². The summed E-state index contributed by atoms with van der Waals surface area (Å²) in [4.78, 5) is 4.63. The lowest BCUT2D eigenvalue weighted by molar-refractivity contribution is 0.297. The van der Waals surface area contributed by atoms with Crippen LogP contribution in [0.4, 0.5) is 5.69 Å². The van der Waals surface area contributed by atoms with Crippen LogP contribution in [0.3, 0.4) is 0 Å². The Morgan fingerprint density at radius 1 is 1.27 bits per heavy atom. The highest BCUT2D eigenvalue weighted by Gasteiger charge is 2.11. The fraction of sp³-hybridized carbons (Fsp3) is 0.444. The second kappa shape index (κ2) is 10.2. The van der Waals surface area contributed by atoms with E-state index in [1.807, 2.05) is 44.6 Å². The van der Waals surface area contributed by atoms with Crippen LogP contribution >= 0.6 is 24.0 Å². The van der Waals surface area contributed by atoms with E-state index in [-0.39, 0.29) is 24.0 Å². The molecule has 1 aliphatic heterocycles. The number of rotatable bonds is 5. The molecule has 0 radical (unpaired) electrons. The number of aromatic nitrogens is 2. The highest BCUT2D eigenvalue weighted by Crippen LogP contribution is 2.32. The maximum absolute atomic E-state index is 5.74. The predicted octanol–water partition coefficient (Wildman–Crippen LogP) is 2.82. The number of hydrogen-bond donors (Lipinski definition) is 2. The van der Waals surface area contributed by atoms with Crippen molar-refractivity contribution >= 4 is 35.6 Å². The van der Waals surface area contributed by atoms with Crippen LogP contribution in [-0.4, -0.2) is 42.0 Å². The minimum atomic E-state index is 0. The third-order valence-corrected chi connectivity index (χ3v) is 3.78. The maximum atomic E-state index is 5.74. The molecule has 0 saturated heterocycles. The molecule has 0 spiro atoms. The summed E-state index contributed by atoms with van der Waals surface area (Å²) in [7, 11) is 1.92. The van der Waals surface area contributed by atoms with E-state index >= 15 is 0 Å². The molecule has 1 aliphatic rings. The number of fused-ring (bicyclic) bond motifs is 1. The Balaban J connectivity index is 0.00000243. The van der Waals surface area contributed by atoms with E-state index in [1.165, 1.54) is 5.56 Å². The molecule has 2 aromatic rings. The smallest absolute Gasteiger partial charge is 0.195 e. The zero-order chi connectivity index (χ0) is 17.5. The number of aryl methyl sites for hydroxylation is 1. The highest BCUT2D eigenvalue weighted by atomic mass is 127. The molecule has 0 fully saturated rings. The van der Waals surface area contributed by atoms with Gasteiger partial charge in [-0.05, 0) is 31.0 Å². The molecule has 2 N–H and O–H groups in total. The summed E-state index contributed by atoms with van der Waals surface area (Å²) in [5.41, 5.74) is 2.10. The zero-order valence-corrected chi connectivity index (χ0v) is 17.5. The molecule has 0 unspecified atom stereocenters. The fourth-order valence-electron chi connectivity index (χ4n) is 2.58. The van der Waals surface area contributed by atoms with Gasteiger partial charge in [0.05, 0.1) is 19.4 Å². The summed E-state index contributed by atoms with van der Waals surface area (Å²) in [6.07, 6.45) is 5.64. The second-order valence-electron chi connectivity index (χ2n) is 5.87. The number of anilines is 1. The Bertz CT molecular complexity index is 732. The molecule has 1 aromatic heterocycles. The average Bonchev–Trinajstić information content (AvgIpc) is 2.88. The van der Waals surface area contributed by atoms with Gasteiger partial charge in [0, 0.05) is 44.5 Å². The topological polar surface area (TPSA) is 72.7 Å². The summed E-state index contributed by atoms with van der Waals surface area (Å²) in [6, 6.07) is 5.86. The summed E-state index contributed by atoms with van der Waals surface area (Å²) in [5, 5.41) is 10.8. The van der Waals surface area contributed by atoms with E-state index in [2.05, 4.69) is 20.7 Å². The van der Waals surface area contributed by atoms with Gasteiger partial charge in [-0.3, -0.25) is 9.67 Å². The van der Waals surface area contributed by atoms with Crippen molar-refractivity contribution in [1.29, 1.82) is 0 Å². The summed E-state index contributed by atoms with van der Waals surface area (Å²) in [6.45, 7) is 4.90. The molecular formula is C18H26IN5O2. The Morgan fingerprint density at radius 3 is 2.81 bits per heavy atom. The SMILES string of the molecule is CCNC(=NCCc1cnn(C)c1)Nc1ccc2c(c1)OCCCO2.I. The Kier molecular flexibility index (Phi) is 8.02. The minimum absolute atomic E-state index is 0. The lowest BCUT2D eigenvalue weighted by Gasteiger charge is -2.13. The van der Waals surface area contributed by atoms with Gasteiger partial charge >= 0.3 is 0 Å². The van der Waals surface area contributed by atoms with Crippen LogP contribution in [0.2, 0.25) is 0 Å². The lowest BCUT2D eigenvalue weighted by atomic mass is 10.2. The van der Waals surface area contributed by atoms with E-state index in [4.69, 9.17) is 9.47 Å². The van der Waals surface area contributed by atoms with Gasteiger partial charge in [-0.1, -0.05) is 0 Å². The van der Waals surface area contributed by atoms with Gasteiger partial charge in [0.25, 0.3) is 0 Å². The number of nitrogens with one attached hydrogen (secondary N) is 2. The van der Waals surface area contributed by atoms with Crippen LogP contribution in [0.5, 0.6) is 11.5 Å². The van der Waals surface area contributed by atoms with Crippen LogP contribution < -0.4 is 20.1 Å². The van der Waals surface area contributed by atoms with Crippen molar-refractivity contribution in [2.45, 2.75) is 19.8 Å². The summed E-state index contributed by atoms with van der Waals surface area (Å²) >= 11 is 0.